The summed E-state index contributed by atoms with van der Waals surface area (Å²) in [6.45, 7) is 2.85. The lowest BCUT2D eigenvalue weighted by atomic mass is 10.1. The maximum atomic E-state index is 10.1. The molecule has 2 N–H and O–H groups in total. The molecule has 12 heavy (non-hydrogen) atoms. The zero-order chi connectivity index (χ0) is 8.97. The molecule has 0 aromatic heterocycles. The zero-order valence-corrected chi connectivity index (χ0v) is 7.42. The molecular weight excluding hydrogens is 156 g/mol. The molecule has 0 bridgehead atoms. The van der Waals surface area contributed by atoms with E-state index >= 15 is 0 Å². The molecule has 0 aromatic carbocycles. The van der Waals surface area contributed by atoms with Gasteiger partial charge in [-0.3, -0.25) is 0 Å². The number of likely N-dealkylation sites (tertiary alicyclic amines) is 1. The first-order chi connectivity index (χ1) is 5.68. The molecule has 0 spiro atoms. The first-order valence-corrected chi connectivity index (χ1v) is 4.34. The predicted octanol–water partition coefficient (Wildman–Crippen LogP) is 0.596. The average Bonchev–Trinajstić information content (AvgIpc) is 2.35. The van der Waals surface area contributed by atoms with Gasteiger partial charge in [0.2, 0.25) is 0 Å². The van der Waals surface area contributed by atoms with Gasteiger partial charge in [-0.25, -0.2) is 4.79 Å². The SMILES string of the molecule is CN1CCC(CCNC(=O)O)C1. The summed E-state index contributed by atoms with van der Waals surface area (Å²) in [6.07, 6.45) is 1.26. The van der Waals surface area contributed by atoms with Crippen LogP contribution in [0.4, 0.5) is 4.79 Å². The van der Waals surface area contributed by atoms with Crippen molar-refractivity contribution in [3.05, 3.63) is 0 Å². The van der Waals surface area contributed by atoms with Crippen molar-refractivity contribution in [2.75, 3.05) is 26.7 Å². The summed E-state index contributed by atoms with van der Waals surface area (Å²) < 4.78 is 0. The molecule has 0 aromatic rings. The molecular formula is C8H16N2O2. The van der Waals surface area contributed by atoms with Gasteiger partial charge in [0, 0.05) is 13.1 Å². The fourth-order valence-corrected chi connectivity index (χ4v) is 1.65. The summed E-state index contributed by atoms with van der Waals surface area (Å²) >= 11 is 0. The summed E-state index contributed by atoms with van der Waals surface area (Å²) in [4.78, 5) is 12.4. The first-order valence-electron chi connectivity index (χ1n) is 4.34. The average molecular weight is 172 g/mol. The molecule has 1 amide bonds. The highest BCUT2D eigenvalue weighted by molar-refractivity contribution is 5.64. The van der Waals surface area contributed by atoms with Crippen LogP contribution in [-0.4, -0.2) is 42.8 Å². The molecule has 4 nitrogen and oxygen atoms in total. The third kappa shape index (κ3) is 3.09. The van der Waals surface area contributed by atoms with Gasteiger partial charge in [0.05, 0.1) is 0 Å². The van der Waals surface area contributed by atoms with E-state index in [1.165, 1.54) is 6.42 Å². The number of hydrogen-bond donors (Lipinski definition) is 2. The van der Waals surface area contributed by atoms with Gasteiger partial charge in [-0.15, -0.1) is 0 Å². The Labute approximate surface area is 72.6 Å². The molecule has 1 atom stereocenters. The van der Waals surface area contributed by atoms with Crippen molar-refractivity contribution in [2.45, 2.75) is 12.8 Å². The molecule has 0 radical (unpaired) electrons. The lowest BCUT2D eigenvalue weighted by Gasteiger charge is -2.09. The van der Waals surface area contributed by atoms with Crippen LogP contribution in [0.5, 0.6) is 0 Å². The van der Waals surface area contributed by atoms with Crippen molar-refractivity contribution in [3.8, 4) is 0 Å². The van der Waals surface area contributed by atoms with Crippen LogP contribution in [0.2, 0.25) is 0 Å². The maximum absolute atomic E-state index is 10.1. The van der Waals surface area contributed by atoms with Gasteiger partial charge in [0.1, 0.15) is 0 Å². The van der Waals surface area contributed by atoms with Crippen LogP contribution in [0, 0.1) is 5.92 Å². The van der Waals surface area contributed by atoms with Crippen LogP contribution < -0.4 is 5.32 Å². The van der Waals surface area contributed by atoms with E-state index in [1.807, 2.05) is 0 Å². The Morgan fingerprint density at radius 1 is 1.75 bits per heavy atom. The molecule has 0 aliphatic carbocycles. The largest absolute Gasteiger partial charge is 0.465 e. The second-order valence-electron chi connectivity index (χ2n) is 3.44. The Balaban J connectivity index is 2.04. The van der Waals surface area contributed by atoms with E-state index in [-0.39, 0.29) is 0 Å². The smallest absolute Gasteiger partial charge is 0.404 e. The quantitative estimate of drug-likeness (QED) is 0.655. The predicted molar refractivity (Wildman–Crippen MR) is 46.2 cm³/mol. The molecule has 1 aliphatic rings. The topological polar surface area (TPSA) is 52.6 Å². The van der Waals surface area contributed by atoms with Gasteiger partial charge < -0.3 is 15.3 Å². The van der Waals surface area contributed by atoms with Gasteiger partial charge in [-0.1, -0.05) is 0 Å². The third-order valence-electron chi connectivity index (χ3n) is 2.32. The van der Waals surface area contributed by atoms with Crippen LogP contribution >= 0.6 is 0 Å². The molecule has 4 heteroatoms. The maximum Gasteiger partial charge on any atom is 0.404 e. The Morgan fingerprint density at radius 3 is 3.00 bits per heavy atom. The van der Waals surface area contributed by atoms with E-state index in [1.54, 1.807) is 0 Å². The summed E-state index contributed by atoms with van der Waals surface area (Å²) in [5, 5.41) is 10.7. The number of carbonyl (C=O) groups is 1. The molecule has 1 rings (SSSR count). The van der Waals surface area contributed by atoms with Crippen LogP contribution in [0.3, 0.4) is 0 Å². The number of amides is 1. The van der Waals surface area contributed by atoms with Gasteiger partial charge in [0.15, 0.2) is 0 Å². The highest BCUT2D eigenvalue weighted by Crippen LogP contribution is 2.16. The van der Waals surface area contributed by atoms with Crippen molar-refractivity contribution in [2.24, 2.45) is 5.92 Å². The normalized spacial score (nSPS) is 24.2. The summed E-state index contributed by atoms with van der Waals surface area (Å²) in [6, 6.07) is 0. The van der Waals surface area contributed by atoms with Crippen molar-refractivity contribution in [3.63, 3.8) is 0 Å². The molecule has 70 valence electrons. The number of carboxylic acid groups (broad SMARTS) is 1. The highest BCUT2D eigenvalue weighted by atomic mass is 16.4. The van der Waals surface area contributed by atoms with Gasteiger partial charge in [0.25, 0.3) is 0 Å². The summed E-state index contributed by atoms with van der Waals surface area (Å²) in [5.41, 5.74) is 0. The first kappa shape index (κ1) is 9.32. The van der Waals surface area contributed by atoms with E-state index < -0.39 is 6.09 Å². The van der Waals surface area contributed by atoms with Crippen molar-refractivity contribution < 1.29 is 9.90 Å². The van der Waals surface area contributed by atoms with Crippen LogP contribution in [0.25, 0.3) is 0 Å². The van der Waals surface area contributed by atoms with E-state index in [0.29, 0.717) is 12.5 Å². The summed E-state index contributed by atoms with van der Waals surface area (Å²) in [7, 11) is 2.10. The van der Waals surface area contributed by atoms with Gasteiger partial charge in [-0.2, -0.15) is 0 Å². The van der Waals surface area contributed by atoms with E-state index in [2.05, 4.69) is 17.3 Å². The van der Waals surface area contributed by atoms with Crippen LogP contribution in [-0.2, 0) is 0 Å². The monoisotopic (exact) mass is 172 g/mol. The molecule has 1 fully saturated rings. The van der Waals surface area contributed by atoms with Gasteiger partial charge in [-0.05, 0) is 32.4 Å². The summed E-state index contributed by atoms with van der Waals surface area (Å²) in [5.74, 6) is 0.682. The fraction of sp³-hybridized carbons (Fsp3) is 0.875. The van der Waals surface area contributed by atoms with Crippen molar-refractivity contribution >= 4 is 6.09 Å². The minimum atomic E-state index is -0.915. The number of hydrogen-bond acceptors (Lipinski definition) is 2. The third-order valence-corrected chi connectivity index (χ3v) is 2.32. The Bertz CT molecular complexity index is 161. The molecule has 1 saturated heterocycles. The highest BCUT2D eigenvalue weighted by Gasteiger charge is 2.18. The standard InChI is InChI=1S/C8H16N2O2/c1-10-5-3-7(6-10)2-4-9-8(11)12/h7,9H,2-6H2,1H3,(H,11,12). The fourth-order valence-electron chi connectivity index (χ4n) is 1.65. The van der Waals surface area contributed by atoms with E-state index in [0.717, 1.165) is 19.5 Å². The lowest BCUT2D eigenvalue weighted by Crippen LogP contribution is -2.24. The molecule has 0 saturated carbocycles. The minimum absolute atomic E-state index is 0.591. The van der Waals surface area contributed by atoms with Crippen molar-refractivity contribution in [1.82, 2.24) is 10.2 Å². The second-order valence-corrected chi connectivity index (χ2v) is 3.44. The number of rotatable bonds is 3. The second kappa shape index (κ2) is 4.30. The van der Waals surface area contributed by atoms with Crippen molar-refractivity contribution in [1.29, 1.82) is 0 Å². The molecule has 1 heterocycles. The molecule has 1 unspecified atom stereocenters. The van der Waals surface area contributed by atoms with E-state index in [9.17, 15) is 4.79 Å². The Hall–Kier alpha value is -0.770. The Kier molecular flexibility index (Phi) is 3.34. The zero-order valence-electron chi connectivity index (χ0n) is 7.42. The number of nitrogens with zero attached hydrogens (tertiary/aromatic N) is 1. The van der Waals surface area contributed by atoms with E-state index in [4.69, 9.17) is 5.11 Å². The lowest BCUT2D eigenvalue weighted by molar-refractivity contribution is 0.193. The van der Waals surface area contributed by atoms with Crippen LogP contribution in [0.1, 0.15) is 12.8 Å². The number of nitrogens with one attached hydrogen (secondary N) is 1. The Morgan fingerprint density at radius 2 is 2.50 bits per heavy atom. The van der Waals surface area contributed by atoms with Crippen LogP contribution in [0.15, 0.2) is 0 Å². The molecule has 1 aliphatic heterocycles. The van der Waals surface area contributed by atoms with Gasteiger partial charge >= 0.3 is 6.09 Å². The minimum Gasteiger partial charge on any atom is -0.465 e.